The molecule has 0 saturated carbocycles. The van der Waals surface area contributed by atoms with Gasteiger partial charge >= 0.3 is 0 Å². The lowest BCUT2D eigenvalue weighted by molar-refractivity contribution is 0.672. The molecule has 0 spiro atoms. The Morgan fingerprint density at radius 2 is 0.833 bits per heavy atom. The number of hydrogen-bond donors (Lipinski definition) is 0. The Kier molecular flexibility index (Phi) is 6.90. The number of fused-ring (bicyclic) bond motifs is 9. The van der Waals surface area contributed by atoms with Crippen molar-refractivity contribution in [1.82, 2.24) is 0 Å². The van der Waals surface area contributed by atoms with Gasteiger partial charge in [0.25, 0.3) is 0 Å². The van der Waals surface area contributed by atoms with Crippen molar-refractivity contribution in [2.45, 2.75) is 0 Å². The molecule has 11 rings (SSSR count). The highest BCUT2D eigenvalue weighted by Crippen LogP contribution is 2.46. The van der Waals surface area contributed by atoms with E-state index in [1.165, 1.54) is 60.0 Å². The molecule has 0 aliphatic rings. The highest BCUT2D eigenvalue weighted by atomic mass is 16.3. The van der Waals surface area contributed by atoms with Crippen LogP contribution in [0.1, 0.15) is 0 Å². The fourth-order valence-electron chi connectivity index (χ4n) is 8.59. The molecule has 0 N–H and O–H groups in total. The van der Waals surface area contributed by atoms with E-state index in [2.05, 4.69) is 205 Å². The van der Waals surface area contributed by atoms with Gasteiger partial charge in [0, 0.05) is 39.0 Å². The third kappa shape index (κ3) is 4.74. The molecule has 0 atom stereocenters. The number of furan rings is 1. The Hall–Kier alpha value is -7.16. The smallest absolute Gasteiger partial charge is 0.143 e. The summed E-state index contributed by atoms with van der Waals surface area (Å²) in [6.45, 7) is 0. The molecule has 0 unspecified atom stereocenters. The third-order valence-electron chi connectivity index (χ3n) is 11.0. The van der Waals surface area contributed by atoms with E-state index < -0.39 is 0 Å². The first-order valence-electron chi connectivity index (χ1n) is 18.5. The summed E-state index contributed by atoms with van der Waals surface area (Å²) in [6, 6.07) is 72.2. The van der Waals surface area contributed by atoms with Crippen molar-refractivity contribution in [3.05, 3.63) is 200 Å². The molecule has 2 nitrogen and oxygen atoms in total. The maximum atomic E-state index is 6.70. The largest absolute Gasteiger partial charge is 0.455 e. The topological polar surface area (TPSA) is 16.4 Å². The summed E-state index contributed by atoms with van der Waals surface area (Å²) >= 11 is 0. The molecule has 0 saturated heterocycles. The van der Waals surface area contributed by atoms with Crippen LogP contribution in [-0.4, -0.2) is 0 Å². The van der Waals surface area contributed by atoms with Gasteiger partial charge in [-0.2, -0.15) is 0 Å². The first-order chi connectivity index (χ1) is 26.8. The summed E-state index contributed by atoms with van der Waals surface area (Å²) in [7, 11) is 0. The summed E-state index contributed by atoms with van der Waals surface area (Å²) < 4.78 is 6.70. The van der Waals surface area contributed by atoms with Crippen molar-refractivity contribution in [2.75, 3.05) is 4.90 Å². The van der Waals surface area contributed by atoms with E-state index in [4.69, 9.17) is 4.42 Å². The Morgan fingerprint density at radius 1 is 0.315 bits per heavy atom. The van der Waals surface area contributed by atoms with Crippen LogP contribution in [0.3, 0.4) is 0 Å². The molecular weight excluding hydrogens is 655 g/mol. The second kappa shape index (κ2) is 12.2. The summed E-state index contributed by atoms with van der Waals surface area (Å²) in [4.78, 5) is 2.37. The van der Waals surface area contributed by atoms with Crippen LogP contribution in [0.2, 0.25) is 0 Å². The summed E-state index contributed by atoms with van der Waals surface area (Å²) in [5.74, 6) is 0. The van der Waals surface area contributed by atoms with Crippen molar-refractivity contribution in [3.63, 3.8) is 0 Å². The molecule has 0 radical (unpaired) electrons. The Labute approximate surface area is 312 Å². The average Bonchev–Trinajstić information content (AvgIpc) is 3.63. The molecule has 1 heterocycles. The predicted octanol–water partition coefficient (Wildman–Crippen LogP) is 15.0. The van der Waals surface area contributed by atoms with Crippen LogP contribution in [0, 0.1) is 0 Å². The Balaban J connectivity index is 1.13. The summed E-state index contributed by atoms with van der Waals surface area (Å²) in [5, 5.41) is 12.0. The normalized spacial score (nSPS) is 11.7. The van der Waals surface area contributed by atoms with E-state index in [1.807, 2.05) is 0 Å². The molecule has 0 amide bonds. The molecular formula is C52H33NO. The van der Waals surface area contributed by atoms with Gasteiger partial charge in [-0.3, -0.25) is 0 Å². The maximum Gasteiger partial charge on any atom is 0.143 e. The zero-order chi connectivity index (χ0) is 35.6. The lowest BCUT2D eigenvalue weighted by Gasteiger charge is -2.27. The summed E-state index contributed by atoms with van der Waals surface area (Å²) in [5.41, 5.74) is 9.91. The van der Waals surface area contributed by atoms with Crippen LogP contribution in [0.15, 0.2) is 205 Å². The second-order valence-electron chi connectivity index (χ2n) is 14.0. The van der Waals surface area contributed by atoms with Crippen molar-refractivity contribution >= 4 is 82.1 Å². The lowest BCUT2D eigenvalue weighted by Crippen LogP contribution is -2.10. The number of anilines is 3. The molecule has 252 valence electrons. The van der Waals surface area contributed by atoms with E-state index in [0.717, 1.165) is 44.4 Å². The summed E-state index contributed by atoms with van der Waals surface area (Å²) in [6.07, 6.45) is 0. The average molecular weight is 688 g/mol. The van der Waals surface area contributed by atoms with Crippen molar-refractivity contribution in [1.29, 1.82) is 0 Å². The molecule has 1 aromatic heterocycles. The minimum atomic E-state index is 0.871. The zero-order valence-electron chi connectivity index (χ0n) is 29.4. The van der Waals surface area contributed by atoms with Gasteiger partial charge in [0.1, 0.15) is 11.2 Å². The Bertz CT molecular complexity index is 3210. The number of hydrogen-bond acceptors (Lipinski definition) is 2. The fourth-order valence-corrected chi connectivity index (χ4v) is 8.59. The first kappa shape index (κ1) is 30.5. The number of nitrogens with zero attached hydrogens (tertiary/aromatic N) is 1. The molecule has 10 aromatic carbocycles. The van der Waals surface area contributed by atoms with Gasteiger partial charge in [-0.15, -0.1) is 0 Å². The van der Waals surface area contributed by atoms with Crippen LogP contribution in [-0.2, 0) is 0 Å². The fraction of sp³-hybridized carbons (Fsp3) is 0. The molecule has 2 heteroatoms. The SMILES string of the molecule is c1ccc(-c2c(-c3ccc(N(c4ccc5c(c4)oc4c6ccccc6ccc54)c4cccc5ccccc45)cc3)c3ccccc3c3ccccc23)cc1. The number of rotatable bonds is 5. The second-order valence-corrected chi connectivity index (χ2v) is 14.0. The molecule has 0 aliphatic heterocycles. The van der Waals surface area contributed by atoms with Crippen LogP contribution in [0.5, 0.6) is 0 Å². The highest BCUT2D eigenvalue weighted by Gasteiger charge is 2.21. The van der Waals surface area contributed by atoms with E-state index in [0.29, 0.717) is 0 Å². The van der Waals surface area contributed by atoms with Crippen LogP contribution in [0.25, 0.3) is 87.3 Å². The quantitative estimate of drug-likeness (QED) is 0.168. The van der Waals surface area contributed by atoms with Gasteiger partial charge < -0.3 is 9.32 Å². The monoisotopic (exact) mass is 687 g/mol. The van der Waals surface area contributed by atoms with Crippen LogP contribution >= 0.6 is 0 Å². The lowest BCUT2D eigenvalue weighted by atomic mass is 9.85. The predicted molar refractivity (Wildman–Crippen MR) is 229 cm³/mol. The van der Waals surface area contributed by atoms with Gasteiger partial charge in [-0.1, -0.05) is 158 Å². The minimum absolute atomic E-state index is 0.871. The molecule has 0 aliphatic carbocycles. The maximum absolute atomic E-state index is 6.70. The first-order valence-corrected chi connectivity index (χ1v) is 18.5. The number of benzene rings is 10. The molecule has 11 aromatic rings. The third-order valence-corrected chi connectivity index (χ3v) is 11.0. The van der Waals surface area contributed by atoms with Crippen molar-refractivity contribution < 1.29 is 4.42 Å². The molecule has 0 fully saturated rings. The van der Waals surface area contributed by atoms with Crippen LogP contribution < -0.4 is 4.90 Å². The van der Waals surface area contributed by atoms with Gasteiger partial charge in [-0.25, -0.2) is 0 Å². The molecule has 54 heavy (non-hydrogen) atoms. The Morgan fingerprint density at radius 3 is 1.54 bits per heavy atom. The van der Waals surface area contributed by atoms with E-state index in [-0.39, 0.29) is 0 Å². The van der Waals surface area contributed by atoms with Gasteiger partial charge in [0.05, 0.1) is 5.69 Å². The van der Waals surface area contributed by atoms with Gasteiger partial charge in [-0.05, 0) is 91.0 Å². The van der Waals surface area contributed by atoms with Gasteiger partial charge in [0.15, 0.2) is 0 Å². The molecule has 0 bridgehead atoms. The van der Waals surface area contributed by atoms with Gasteiger partial charge in [0.2, 0.25) is 0 Å². The van der Waals surface area contributed by atoms with E-state index >= 15 is 0 Å². The van der Waals surface area contributed by atoms with Crippen LogP contribution in [0.4, 0.5) is 17.1 Å². The zero-order valence-corrected chi connectivity index (χ0v) is 29.4. The highest BCUT2D eigenvalue weighted by molar-refractivity contribution is 6.22. The minimum Gasteiger partial charge on any atom is -0.455 e. The van der Waals surface area contributed by atoms with E-state index in [9.17, 15) is 0 Å². The van der Waals surface area contributed by atoms with Crippen molar-refractivity contribution in [3.8, 4) is 22.3 Å². The standard InChI is InChI=1S/C52H33NO/c1-2-15-36(16-3-1)50-45-22-10-8-20-42(45)43-21-9-11-23-46(43)51(50)37-25-28-38(29-26-37)53(48-24-12-17-34-13-4-6-18-40(34)48)39-30-32-44-47-31-27-35-14-5-7-19-41(35)52(47)54-49(44)33-39/h1-33H. The van der Waals surface area contributed by atoms with E-state index in [1.54, 1.807) is 0 Å². The van der Waals surface area contributed by atoms with Crippen molar-refractivity contribution in [2.24, 2.45) is 0 Å².